The number of nitrogens with one attached hydrogen (secondary N) is 1. The Morgan fingerprint density at radius 3 is 2.06 bits per heavy atom. The highest BCUT2D eigenvalue weighted by atomic mass is 16.6. The fourth-order valence-corrected chi connectivity index (χ4v) is 3.10. The fourth-order valence-electron chi connectivity index (χ4n) is 3.10. The highest BCUT2D eigenvalue weighted by molar-refractivity contribution is 5.98. The molecule has 0 saturated heterocycles. The largest absolute Gasteiger partial charge is 0.444 e. The zero-order valence-electron chi connectivity index (χ0n) is 19.0. The summed E-state index contributed by atoms with van der Waals surface area (Å²) in [6.45, 7) is 4.35. The van der Waals surface area contributed by atoms with Crippen LogP contribution in [-0.4, -0.2) is 30.1 Å². The van der Waals surface area contributed by atoms with Crippen LogP contribution in [0.2, 0.25) is 0 Å². The molecule has 0 heterocycles. The lowest BCUT2D eigenvalue weighted by molar-refractivity contribution is 0.143. The van der Waals surface area contributed by atoms with Crippen molar-refractivity contribution in [1.82, 2.24) is 10.2 Å². The van der Waals surface area contributed by atoms with Crippen molar-refractivity contribution in [3.05, 3.63) is 114 Å². The average Bonchev–Trinajstić information content (AvgIpc) is 2.87. The number of carbonyl (C=O) groups excluding carboxylic acids is 2. The molecule has 3 rings (SSSR count). The first-order valence-corrected chi connectivity index (χ1v) is 10.7. The van der Waals surface area contributed by atoms with Crippen molar-refractivity contribution < 1.29 is 19.1 Å². The number of amides is 2. The van der Waals surface area contributed by atoms with Gasteiger partial charge in [0.1, 0.15) is 13.2 Å². The third-order valence-electron chi connectivity index (χ3n) is 4.87. The van der Waals surface area contributed by atoms with Crippen LogP contribution in [0.25, 0.3) is 6.08 Å². The van der Waals surface area contributed by atoms with Crippen molar-refractivity contribution in [2.45, 2.75) is 19.8 Å². The van der Waals surface area contributed by atoms with Crippen LogP contribution in [0, 0.1) is 0 Å². The molecule has 0 saturated carbocycles. The van der Waals surface area contributed by atoms with Crippen molar-refractivity contribution in [2.24, 2.45) is 4.99 Å². The molecule has 174 valence electrons. The molecule has 0 fully saturated rings. The standard InChI is InChI=1S/C27H27N3O4/c1-3-23-16-10-11-17-24(23)18-30(2)25(28-26(31)33-19-21-12-6-4-7-13-21)29-27(32)34-20-22-14-8-5-9-15-22/h3-17H,1,18-20H2,2H3,(H,28,29,31,32). The quantitative estimate of drug-likeness (QED) is 0.381. The van der Waals surface area contributed by atoms with Crippen LogP contribution in [0.1, 0.15) is 22.3 Å². The SMILES string of the molecule is C=Cc1ccccc1CN(C)/C(=N\C(=O)OCc1ccccc1)NC(=O)OCc1ccccc1. The molecule has 7 heteroatoms. The van der Waals surface area contributed by atoms with E-state index in [0.717, 1.165) is 22.3 Å². The molecule has 0 aromatic heterocycles. The molecule has 1 N–H and O–H groups in total. The van der Waals surface area contributed by atoms with Gasteiger partial charge in [-0.2, -0.15) is 0 Å². The Bertz CT molecular complexity index is 1130. The van der Waals surface area contributed by atoms with Gasteiger partial charge >= 0.3 is 12.2 Å². The summed E-state index contributed by atoms with van der Waals surface area (Å²) >= 11 is 0. The number of hydrogen-bond donors (Lipinski definition) is 1. The van der Waals surface area contributed by atoms with Crippen LogP contribution >= 0.6 is 0 Å². The molecular weight excluding hydrogens is 430 g/mol. The lowest BCUT2D eigenvalue weighted by Crippen LogP contribution is -2.42. The van der Waals surface area contributed by atoms with Crippen molar-refractivity contribution in [1.29, 1.82) is 0 Å². The van der Waals surface area contributed by atoms with Gasteiger partial charge < -0.3 is 14.4 Å². The number of alkyl carbamates (subject to hydrolysis) is 1. The Labute approximate surface area is 199 Å². The van der Waals surface area contributed by atoms with Gasteiger partial charge in [0.2, 0.25) is 5.96 Å². The first-order valence-electron chi connectivity index (χ1n) is 10.7. The predicted molar refractivity (Wildman–Crippen MR) is 132 cm³/mol. The lowest BCUT2D eigenvalue weighted by Gasteiger charge is -2.22. The summed E-state index contributed by atoms with van der Waals surface area (Å²) in [6, 6.07) is 26.3. The van der Waals surface area contributed by atoms with E-state index in [9.17, 15) is 9.59 Å². The third kappa shape index (κ3) is 7.63. The maximum Gasteiger partial charge on any atom is 0.437 e. The highest BCUT2D eigenvalue weighted by Crippen LogP contribution is 2.13. The summed E-state index contributed by atoms with van der Waals surface area (Å²) in [6.07, 6.45) is 0.184. The molecule has 0 aliphatic carbocycles. The number of rotatable bonds is 7. The second-order valence-corrected chi connectivity index (χ2v) is 7.42. The lowest BCUT2D eigenvalue weighted by atomic mass is 10.1. The summed E-state index contributed by atoms with van der Waals surface area (Å²) in [5.74, 6) is 0.00925. The van der Waals surface area contributed by atoms with E-state index >= 15 is 0 Å². The Hall–Kier alpha value is -4.39. The van der Waals surface area contributed by atoms with E-state index in [0.29, 0.717) is 6.54 Å². The fraction of sp³-hybridized carbons (Fsp3) is 0.148. The van der Waals surface area contributed by atoms with Gasteiger partial charge in [0.15, 0.2) is 0 Å². The van der Waals surface area contributed by atoms with Gasteiger partial charge in [-0.1, -0.05) is 97.6 Å². The van der Waals surface area contributed by atoms with Crippen molar-refractivity contribution in [3.63, 3.8) is 0 Å². The normalized spacial score (nSPS) is 10.8. The average molecular weight is 458 g/mol. The number of benzene rings is 3. The van der Waals surface area contributed by atoms with Crippen LogP contribution in [0.15, 0.2) is 96.5 Å². The molecule has 0 aliphatic rings. The Balaban J connectivity index is 1.71. The molecule has 0 unspecified atom stereocenters. The molecule has 0 bridgehead atoms. The molecule has 3 aromatic rings. The summed E-state index contributed by atoms with van der Waals surface area (Å²) in [5.41, 5.74) is 3.56. The van der Waals surface area contributed by atoms with Crippen LogP contribution in [-0.2, 0) is 29.2 Å². The number of hydrogen-bond acceptors (Lipinski definition) is 4. The van der Waals surface area contributed by atoms with E-state index in [1.54, 1.807) is 18.0 Å². The topological polar surface area (TPSA) is 80.2 Å². The number of ether oxygens (including phenoxy) is 2. The van der Waals surface area contributed by atoms with E-state index in [2.05, 4.69) is 16.9 Å². The van der Waals surface area contributed by atoms with E-state index < -0.39 is 12.2 Å². The van der Waals surface area contributed by atoms with Crippen LogP contribution < -0.4 is 5.32 Å². The number of guanidine groups is 1. The second kappa shape index (κ2) is 12.6. The second-order valence-electron chi connectivity index (χ2n) is 7.42. The summed E-state index contributed by atoms with van der Waals surface area (Å²) in [7, 11) is 1.71. The molecule has 2 amide bonds. The first kappa shape index (κ1) is 24.3. The van der Waals surface area contributed by atoms with Crippen LogP contribution in [0.5, 0.6) is 0 Å². The monoisotopic (exact) mass is 457 g/mol. The minimum atomic E-state index is -0.828. The smallest absolute Gasteiger partial charge is 0.437 e. The highest BCUT2D eigenvalue weighted by Gasteiger charge is 2.16. The minimum Gasteiger partial charge on any atom is -0.444 e. The molecule has 0 spiro atoms. The minimum absolute atomic E-state index is 0.00925. The third-order valence-corrected chi connectivity index (χ3v) is 4.87. The van der Waals surface area contributed by atoms with Gasteiger partial charge in [-0.25, -0.2) is 9.59 Å². The zero-order valence-corrected chi connectivity index (χ0v) is 19.0. The van der Waals surface area contributed by atoms with Gasteiger partial charge in [0.05, 0.1) is 0 Å². The van der Waals surface area contributed by atoms with Gasteiger partial charge in [0.25, 0.3) is 0 Å². The molecule has 0 radical (unpaired) electrons. The summed E-state index contributed by atoms with van der Waals surface area (Å²) in [4.78, 5) is 30.5. The van der Waals surface area contributed by atoms with Crippen molar-refractivity contribution in [2.75, 3.05) is 7.05 Å². The van der Waals surface area contributed by atoms with E-state index in [4.69, 9.17) is 9.47 Å². The van der Waals surface area contributed by atoms with Crippen LogP contribution in [0.3, 0.4) is 0 Å². The Kier molecular flexibility index (Phi) is 8.99. The zero-order chi connectivity index (χ0) is 24.2. The van der Waals surface area contributed by atoms with E-state index in [-0.39, 0.29) is 19.2 Å². The maximum absolute atomic E-state index is 12.5. The molecule has 0 aliphatic heterocycles. The molecule has 3 aromatic carbocycles. The number of carbonyl (C=O) groups is 2. The summed E-state index contributed by atoms with van der Waals surface area (Å²) in [5, 5.41) is 2.56. The Morgan fingerprint density at radius 1 is 0.882 bits per heavy atom. The predicted octanol–water partition coefficient (Wildman–Crippen LogP) is 5.38. The van der Waals surface area contributed by atoms with Crippen molar-refractivity contribution >= 4 is 24.2 Å². The van der Waals surface area contributed by atoms with Crippen LogP contribution in [0.4, 0.5) is 9.59 Å². The van der Waals surface area contributed by atoms with Gasteiger partial charge in [-0.15, -0.1) is 4.99 Å². The number of nitrogens with zero attached hydrogens (tertiary/aromatic N) is 2. The van der Waals surface area contributed by atoms with Gasteiger partial charge in [0, 0.05) is 13.6 Å². The molecular formula is C27H27N3O4. The van der Waals surface area contributed by atoms with Crippen molar-refractivity contribution in [3.8, 4) is 0 Å². The van der Waals surface area contributed by atoms with E-state index in [1.807, 2.05) is 84.9 Å². The number of aliphatic imine (C=N–C) groups is 1. The molecule has 0 atom stereocenters. The maximum atomic E-state index is 12.5. The van der Waals surface area contributed by atoms with E-state index in [1.165, 1.54) is 0 Å². The van der Waals surface area contributed by atoms with Gasteiger partial charge in [-0.05, 0) is 22.3 Å². The molecule has 34 heavy (non-hydrogen) atoms. The molecule has 7 nitrogen and oxygen atoms in total. The first-order chi connectivity index (χ1) is 16.5. The summed E-state index contributed by atoms with van der Waals surface area (Å²) < 4.78 is 10.5. The Morgan fingerprint density at radius 2 is 1.44 bits per heavy atom. The van der Waals surface area contributed by atoms with Gasteiger partial charge in [-0.3, -0.25) is 5.32 Å².